The maximum atomic E-state index is 11.9. The van der Waals surface area contributed by atoms with Crippen molar-refractivity contribution in [2.45, 2.75) is 24.9 Å². The van der Waals surface area contributed by atoms with Crippen LogP contribution in [0, 0.1) is 6.92 Å². The molecular formula is C10H13N3O3S2. The van der Waals surface area contributed by atoms with E-state index >= 15 is 0 Å². The van der Waals surface area contributed by atoms with Crippen molar-refractivity contribution in [1.82, 2.24) is 9.88 Å². The van der Waals surface area contributed by atoms with Crippen molar-refractivity contribution in [2.24, 2.45) is 5.73 Å². The predicted octanol–water partition coefficient (Wildman–Crippen LogP) is 0.982. The minimum Gasteiger partial charge on any atom is -0.360 e. The number of aryl methyl sites for hydroxylation is 1. The lowest BCUT2D eigenvalue weighted by Gasteiger charge is -2.01. The summed E-state index contributed by atoms with van der Waals surface area (Å²) in [4.78, 5) is 1.05. The maximum absolute atomic E-state index is 11.9. The minimum atomic E-state index is -3.52. The largest absolute Gasteiger partial charge is 0.360 e. The molecule has 98 valence electrons. The van der Waals surface area contributed by atoms with E-state index < -0.39 is 10.0 Å². The van der Waals surface area contributed by atoms with Crippen LogP contribution in [0.25, 0.3) is 0 Å². The highest BCUT2D eigenvalue weighted by atomic mass is 32.2. The molecular weight excluding hydrogens is 274 g/mol. The second-order valence-corrected chi connectivity index (χ2v) is 6.47. The third kappa shape index (κ3) is 2.96. The molecule has 0 saturated carbocycles. The van der Waals surface area contributed by atoms with E-state index in [1.165, 1.54) is 11.3 Å². The standard InChI is InChI=1S/C10H13N3O3S2/c1-7-2-8(16-13-7)5-12-18(14,15)10-3-9(4-11)17-6-10/h2-3,6,12H,4-5,11H2,1H3. The molecule has 0 bridgehead atoms. The summed E-state index contributed by atoms with van der Waals surface area (Å²) in [5.41, 5.74) is 6.16. The fraction of sp³-hybridized carbons (Fsp3) is 0.300. The number of aromatic nitrogens is 1. The first-order valence-electron chi connectivity index (χ1n) is 5.20. The molecule has 0 amide bonds. The van der Waals surface area contributed by atoms with Crippen LogP contribution in [0.3, 0.4) is 0 Å². The Bertz CT molecular complexity index is 630. The zero-order valence-electron chi connectivity index (χ0n) is 9.71. The highest BCUT2D eigenvalue weighted by Crippen LogP contribution is 2.18. The Hall–Kier alpha value is -1.22. The van der Waals surface area contributed by atoms with E-state index in [1.807, 2.05) is 0 Å². The van der Waals surface area contributed by atoms with Crippen LogP contribution in [0.15, 0.2) is 26.9 Å². The van der Waals surface area contributed by atoms with E-state index in [4.69, 9.17) is 10.3 Å². The van der Waals surface area contributed by atoms with Crippen LogP contribution in [0.5, 0.6) is 0 Å². The van der Waals surface area contributed by atoms with Gasteiger partial charge >= 0.3 is 0 Å². The van der Waals surface area contributed by atoms with Crippen LogP contribution in [0.4, 0.5) is 0 Å². The summed E-state index contributed by atoms with van der Waals surface area (Å²) in [5.74, 6) is 0.477. The van der Waals surface area contributed by atoms with Crippen LogP contribution >= 0.6 is 11.3 Å². The van der Waals surface area contributed by atoms with Crippen LogP contribution in [-0.2, 0) is 23.1 Å². The summed E-state index contributed by atoms with van der Waals surface area (Å²) >= 11 is 1.32. The second kappa shape index (κ2) is 5.19. The lowest BCUT2D eigenvalue weighted by atomic mass is 10.4. The lowest BCUT2D eigenvalue weighted by molar-refractivity contribution is 0.377. The molecule has 0 aliphatic rings. The first-order valence-corrected chi connectivity index (χ1v) is 7.57. The third-order valence-corrected chi connectivity index (χ3v) is 4.74. The number of nitrogens with two attached hydrogens (primary N) is 1. The van der Waals surface area contributed by atoms with Gasteiger partial charge in [-0.25, -0.2) is 13.1 Å². The molecule has 0 radical (unpaired) electrons. The van der Waals surface area contributed by atoms with Crippen molar-refractivity contribution in [1.29, 1.82) is 0 Å². The molecule has 0 saturated heterocycles. The van der Waals surface area contributed by atoms with E-state index in [9.17, 15) is 8.42 Å². The highest BCUT2D eigenvalue weighted by molar-refractivity contribution is 7.89. The summed E-state index contributed by atoms with van der Waals surface area (Å²) < 4.78 is 31.2. The second-order valence-electron chi connectivity index (χ2n) is 3.71. The number of nitrogens with zero attached hydrogens (tertiary/aromatic N) is 1. The molecule has 0 aliphatic carbocycles. The molecule has 8 heteroatoms. The zero-order chi connectivity index (χ0) is 13.2. The number of hydrogen-bond donors (Lipinski definition) is 2. The third-order valence-electron chi connectivity index (χ3n) is 2.25. The molecule has 2 aromatic rings. The molecule has 0 fully saturated rings. The maximum Gasteiger partial charge on any atom is 0.241 e. The topological polar surface area (TPSA) is 98.2 Å². The number of thiophene rings is 1. The van der Waals surface area contributed by atoms with Crippen molar-refractivity contribution in [2.75, 3.05) is 0 Å². The fourth-order valence-electron chi connectivity index (χ4n) is 1.36. The van der Waals surface area contributed by atoms with Crippen LogP contribution in [0.1, 0.15) is 16.3 Å². The SMILES string of the molecule is Cc1cc(CNS(=O)(=O)c2csc(CN)c2)on1. The van der Waals surface area contributed by atoms with Crippen molar-refractivity contribution < 1.29 is 12.9 Å². The molecule has 0 atom stereocenters. The summed E-state index contributed by atoms with van der Waals surface area (Å²) in [5, 5.41) is 5.25. The van der Waals surface area contributed by atoms with Gasteiger partial charge in [0, 0.05) is 22.9 Å². The highest BCUT2D eigenvalue weighted by Gasteiger charge is 2.16. The summed E-state index contributed by atoms with van der Waals surface area (Å²) in [7, 11) is -3.52. The van der Waals surface area contributed by atoms with Gasteiger partial charge in [0.05, 0.1) is 17.1 Å². The summed E-state index contributed by atoms with van der Waals surface area (Å²) in [6, 6.07) is 3.25. The Balaban J connectivity index is 2.07. The molecule has 3 N–H and O–H groups in total. The van der Waals surface area contributed by atoms with Crippen molar-refractivity contribution >= 4 is 21.4 Å². The van der Waals surface area contributed by atoms with Crippen molar-refractivity contribution in [3.63, 3.8) is 0 Å². The molecule has 0 aliphatic heterocycles. The Morgan fingerprint density at radius 1 is 1.50 bits per heavy atom. The van der Waals surface area contributed by atoms with Crippen LogP contribution in [-0.4, -0.2) is 13.6 Å². The summed E-state index contributed by atoms with van der Waals surface area (Å²) in [6.07, 6.45) is 0. The van der Waals surface area contributed by atoms with Gasteiger partial charge in [-0.3, -0.25) is 0 Å². The van der Waals surface area contributed by atoms with Gasteiger partial charge in [-0.1, -0.05) is 5.16 Å². The number of sulfonamides is 1. The Kier molecular flexibility index (Phi) is 3.81. The van der Waals surface area contributed by atoms with E-state index in [1.54, 1.807) is 24.4 Å². The predicted molar refractivity (Wildman–Crippen MR) is 67.5 cm³/mol. The van der Waals surface area contributed by atoms with Gasteiger partial charge in [-0.15, -0.1) is 11.3 Å². The quantitative estimate of drug-likeness (QED) is 0.854. The number of rotatable bonds is 5. The van der Waals surface area contributed by atoms with Gasteiger partial charge in [0.25, 0.3) is 0 Å². The van der Waals surface area contributed by atoms with E-state index in [2.05, 4.69) is 9.88 Å². The lowest BCUT2D eigenvalue weighted by Crippen LogP contribution is -2.22. The zero-order valence-corrected chi connectivity index (χ0v) is 11.3. The number of hydrogen-bond acceptors (Lipinski definition) is 6. The molecule has 2 aromatic heterocycles. The van der Waals surface area contributed by atoms with Gasteiger partial charge in [-0.2, -0.15) is 0 Å². The minimum absolute atomic E-state index is 0.0803. The molecule has 0 aromatic carbocycles. The van der Waals surface area contributed by atoms with Crippen LogP contribution < -0.4 is 10.5 Å². The van der Waals surface area contributed by atoms with E-state index in [0.29, 0.717) is 18.0 Å². The van der Waals surface area contributed by atoms with Gasteiger partial charge < -0.3 is 10.3 Å². The van der Waals surface area contributed by atoms with Gasteiger partial charge in [0.15, 0.2) is 5.76 Å². The monoisotopic (exact) mass is 287 g/mol. The summed E-state index contributed by atoms with van der Waals surface area (Å²) in [6.45, 7) is 2.19. The normalized spacial score (nSPS) is 11.9. The Morgan fingerprint density at radius 3 is 2.83 bits per heavy atom. The Morgan fingerprint density at radius 2 is 2.28 bits per heavy atom. The van der Waals surface area contributed by atoms with Gasteiger partial charge in [-0.05, 0) is 13.0 Å². The molecule has 0 unspecified atom stereocenters. The smallest absolute Gasteiger partial charge is 0.241 e. The Labute approximate surface area is 109 Å². The van der Waals surface area contributed by atoms with Crippen LogP contribution in [0.2, 0.25) is 0 Å². The van der Waals surface area contributed by atoms with E-state index in [-0.39, 0.29) is 11.4 Å². The first kappa shape index (κ1) is 13.2. The number of nitrogens with one attached hydrogen (secondary N) is 1. The molecule has 0 spiro atoms. The van der Waals surface area contributed by atoms with Crippen molar-refractivity contribution in [3.05, 3.63) is 33.8 Å². The van der Waals surface area contributed by atoms with E-state index in [0.717, 1.165) is 4.88 Å². The van der Waals surface area contributed by atoms with Crippen molar-refractivity contribution in [3.8, 4) is 0 Å². The molecule has 2 heterocycles. The molecule has 2 rings (SSSR count). The first-order chi connectivity index (χ1) is 8.51. The molecule has 6 nitrogen and oxygen atoms in total. The average molecular weight is 287 g/mol. The van der Waals surface area contributed by atoms with Gasteiger partial charge in [0.1, 0.15) is 0 Å². The van der Waals surface area contributed by atoms with Gasteiger partial charge in [0.2, 0.25) is 10.0 Å². The fourth-order valence-corrected chi connectivity index (χ4v) is 3.51. The average Bonchev–Trinajstić information content (AvgIpc) is 2.95. The molecule has 18 heavy (non-hydrogen) atoms.